The smallest absolute Gasteiger partial charge is 0.243 e. The number of hydrogen-bond donors (Lipinski definition) is 1. The third-order valence-corrected chi connectivity index (χ3v) is 8.26. The van der Waals surface area contributed by atoms with Crippen LogP contribution in [0.1, 0.15) is 5.56 Å². The molecule has 1 aliphatic rings. The van der Waals surface area contributed by atoms with Gasteiger partial charge in [0.2, 0.25) is 10.0 Å². The standard InChI is InChI=1S/C16H18N6O4S2/c1-11-2-3-12(28(25,26)21-4-6-27(23,24)7-5-21)8-13(11)14-9-18-16-15(17)19-10-20-22(14)16/h2-3,8-10H,4-7H2,1H3,(H2,17,19,20). The second kappa shape index (κ2) is 6.50. The minimum Gasteiger partial charge on any atom is -0.381 e. The van der Waals surface area contributed by atoms with Gasteiger partial charge in [-0.05, 0) is 24.6 Å². The number of imidazole rings is 1. The minimum atomic E-state index is -3.82. The molecule has 4 rings (SSSR count). The molecular weight excluding hydrogens is 404 g/mol. The first-order valence-corrected chi connectivity index (χ1v) is 11.7. The van der Waals surface area contributed by atoms with Crippen molar-refractivity contribution in [3.63, 3.8) is 0 Å². The fourth-order valence-corrected chi connectivity index (χ4v) is 6.04. The third-order valence-electron chi connectivity index (χ3n) is 4.76. The molecule has 1 saturated heterocycles. The van der Waals surface area contributed by atoms with E-state index in [2.05, 4.69) is 15.1 Å². The second-order valence-electron chi connectivity index (χ2n) is 6.56. The van der Waals surface area contributed by atoms with Crippen LogP contribution in [0.3, 0.4) is 0 Å². The molecule has 0 saturated carbocycles. The van der Waals surface area contributed by atoms with Crippen molar-refractivity contribution in [1.82, 2.24) is 23.9 Å². The summed E-state index contributed by atoms with van der Waals surface area (Å²) in [5, 5.41) is 4.15. The number of sulfonamides is 1. The molecule has 1 fully saturated rings. The zero-order chi connectivity index (χ0) is 20.1. The maximum absolute atomic E-state index is 13.0. The predicted molar refractivity (Wildman–Crippen MR) is 103 cm³/mol. The van der Waals surface area contributed by atoms with Gasteiger partial charge >= 0.3 is 0 Å². The molecule has 0 atom stereocenters. The normalized spacial score (nSPS) is 17.8. The second-order valence-corrected chi connectivity index (χ2v) is 10.8. The van der Waals surface area contributed by atoms with Crippen LogP contribution in [-0.4, -0.2) is 65.3 Å². The molecule has 0 radical (unpaired) electrons. The molecule has 0 amide bonds. The SMILES string of the molecule is Cc1ccc(S(=O)(=O)N2CCS(=O)(=O)CC2)cc1-c1cnc2c(N)ncnn12. The van der Waals surface area contributed by atoms with Crippen LogP contribution >= 0.6 is 0 Å². The molecule has 3 heterocycles. The van der Waals surface area contributed by atoms with E-state index in [1.807, 2.05) is 6.92 Å². The van der Waals surface area contributed by atoms with Crippen molar-refractivity contribution in [2.45, 2.75) is 11.8 Å². The van der Waals surface area contributed by atoms with Crippen molar-refractivity contribution in [3.8, 4) is 11.3 Å². The number of rotatable bonds is 3. The number of aromatic nitrogens is 4. The number of nitrogens with two attached hydrogens (primary N) is 1. The van der Waals surface area contributed by atoms with Crippen LogP contribution in [0, 0.1) is 6.92 Å². The van der Waals surface area contributed by atoms with E-state index in [4.69, 9.17) is 5.73 Å². The number of benzene rings is 1. The van der Waals surface area contributed by atoms with Crippen molar-refractivity contribution in [1.29, 1.82) is 0 Å². The molecule has 0 unspecified atom stereocenters. The lowest BCUT2D eigenvalue weighted by molar-refractivity contribution is 0.431. The third kappa shape index (κ3) is 3.12. The number of fused-ring (bicyclic) bond motifs is 1. The van der Waals surface area contributed by atoms with Crippen molar-refractivity contribution in [2.24, 2.45) is 0 Å². The fraction of sp³-hybridized carbons (Fsp3) is 0.312. The lowest BCUT2D eigenvalue weighted by atomic mass is 10.1. The summed E-state index contributed by atoms with van der Waals surface area (Å²) in [6.07, 6.45) is 2.87. The van der Waals surface area contributed by atoms with Crippen molar-refractivity contribution < 1.29 is 16.8 Å². The van der Waals surface area contributed by atoms with E-state index in [-0.39, 0.29) is 35.3 Å². The van der Waals surface area contributed by atoms with Gasteiger partial charge in [0.25, 0.3) is 0 Å². The quantitative estimate of drug-likeness (QED) is 0.627. The Labute approximate surface area is 162 Å². The van der Waals surface area contributed by atoms with Crippen LogP contribution in [-0.2, 0) is 19.9 Å². The summed E-state index contributed by atoms with van der Waals surface area (Å²) in [5.41, 5.74) is 8.25. The van der Waals surface area contributed by atoms with Gasteiger partial charge in [0.1, 0.15) is 6.33 Å². The van der Waals surface area contributed by atoms with Gasteiger partial charge in [-0.1, -0.05) is 6.07 Å². The largest absolute Gasteiger partial charge is 0.381 e. The highest BCUT2D eigenvalue weighted by molar-refractivity contribution is 7.92. The molecule has 1 aliphatic heterocycles. The van der Waals surface area contributed by atoms with E-state index in [9.17, 15) is 16.8 Å². The van der Waals surface area contributed by atoms with E-state index in [0.29, 0.717) is 16.9 Å². The Kier molecular flexibility index (Phi) is 4.36. The number of sulfone groups is 1. The van der Waals surface area contributed by atoms with Gasteiger partial charge < -0.3 is 5.73 Å². The Bertz CT molecular complexity index is 1270. The maximum Gasteiger partial charge on any atom is 0.243 e. The van der Waals surface area contributed by atoms with Crippen LogP contribution in [0.25, 0.3) is 16.9 Å². The lowest BCUT2D eigenvalue weighted by Gasteiger charge is -2.26. The van der Waals surface area contributed by atoms with E-state index >= 15 is 0 Å². The Hall–Kier alpha value is -2.57. The zero-order valence-corrected chi connectivity index (χ0v) is 16.6. The summed E-state index contributed by atoms with van der Waals surface area (Å²) < 4.78 is 52.0. The Morgan fingerprint density at radius 1 is 1.14 bits per heavy atom. The summed E-state index contributed by atoms with van der Waals surface area (Å²) in [6.45, 7) is 1.75. The average molecular weight is 422 g/mol. The summed E-state index contributed by atoms with van der Waals surface area (Å²) in [7, 11) is -7.00. The molecule has 148 valence electrons. The summed E-state index contributed by atoms with van der Waals surface area (Å²) in [6, 6.07) is 4.77. The first-order valence-electron chi connectivity index (χ1n) is 8.45. The van der Waals surface area contributed by atoms with E-state index in [1.54, 1.807) is 18.3 Å². The van der Waals surface area contributed by atoms with Crippen LogP contribution in [0.15, 0.2) is 35.6 Å². The molecule has 10 nitrogen and oxygen atoms in total. The molecule has 0 spiro atoms. The van der Waals surface area contributed by atoms with Crippen LogP contribution in [0.4, 0.5) is 5.82 Å². The van der Waals surface area contributed by atoms with Gasteiger partial charge in [-0.3, -0.25) is 0 Å². The van der Waals surface area contributed by atoms with Crippen LogP contribution < -0.4 is 5.73 Å². The number of nitrogen functional groups attached to an aromatic ring is 1. The van der Waals surface area contributed by atoms with Gasteiger partial charge in [-0.25, -0.2) is 31.3 Å². The highest BCUT2D eigenvalue weighted by Crippen LogP contribution is 2.29. The Balaban J connectivity index is 1.78. The molecule has 1 aromatic carbocycles. The Morgan fingerprint density at radius 2 is 1.86 bits per heavy atom. The van der Waals surface area contributed by atoms with Gasteiger partial charge in [0.05, 0.1) is 28.3 Å². The minimum absolute atomic E-state index is 0.0484. The van der Waals surface area contributed by atoms with Crippen molar-refractivity contribution >= 4 is 31.3 Å². The van der Waals surface area contributed by atoms with Crippen molar-refractivity contribution in [3.05, 3.63) is 36.3 Å². The maximum atomic E-state index is 13.0. The topological polar surface area (TPSA) is 141 Å². The summed E-state index contributed by atoms with van der Waals surface area (Å²) >= 11 is 0. The molecule has 12 heteroatoms. The van der Waals surface area contributed by atoms with Gasteiger partial charge in [-0.2, -0.15) is 9.40 Å². The number of aryl methyl sites for hydroxylation is 1. The molecule has 2 N–H and O–H groups in total. The molecular formula is C16H18N6O4S2. The van der Waals surface area contributed by atoms with Gasteiger partial charge in [-0.15, -0.1) is 0 Å². The summed E-state index contributed by atoms with van der Waals surface area (Å²) in [4.78, 5) is 8.21. The molecule has 2 aromatic heterocycles. The Morgan fingerprint density at radius 3 is 2.57 bits per heavy atom. The molecule has 0 aliphatic carbocycles. The monoisotopic (exact) mass is 422 g/mol. The summed E-state index contributed by atoms with van der Waals surface area (Å²) in [5.74, 6) is -0.125. The zero-order valence-electron chi connectivity index (χ0n) is 15.0. The van der Waals surface area contributed by atoms with E-state index < -0.39 is 19.9 Å². The van der Waals surface area contributed by atoms with E-state index in [0.717, 1.165) is 5.56 Å². The first-order chi connectivity index (χ1) is 13.2. The highest BCUT2D eigenvalue weighted by atomic mass is 32.2. The lowest BCUT2D eigenvalue weighted by Crippen LogP contribution is -2.43. The van der Waals surface area contributed by atoms with Gasteiger partial charge in [0.15, 0.2) is 21.3 Å². The first kappa shape index (κ1) is 18.8. The van der Waals surface area contributed by atoms with Crippen LogP contribution in [0.5, 0.6) is 0 Å². The number of nitrogens with zero attached hydrogens (tertiary/aromatic N) is 5. The fourth-order valence-electron chi connectivity index (χ4n) is 3.14. The number of hydrogen-bond acceptors (Lipinski definition) is 8. The van der Waals surface area contributed by atoms with Crippen LogP contribution in [0.2, 0.25) is 0 Å². The molecule has 3 aromatic rings. The van der Waals surface area contributed by atoms with Crippen molar-refractivity contribution in [2.75, 3.05) is 30.3 Å². The van der Waals surface area contributed by atoms with E-state index in [1.165, 1.54) is 21.2 Å². The van der Waals surface area contributed by atoms with Gasteiger partial charge in [0, 0.05) is 18.7 Å². The highest BCUT2D eigenvalue weighted by Gasteiger charge is 2.31. The molecule has 28 heavy (non-hydrogen) atoms. The molecule has 0 bridgehead atoms. The number of anilines is 1. The predicted octanol–water partition coefficient (Wildman–Crippen LogP) is 0.101. The average Bonchev–Trinajstić information content (AvgIpc) is 3.07.